The van der Waals surface area contributed by atoms with Crippen LogP contribution in [-0.4, -0.2) is 35.0 Å². The van der Waals surface area contributed by atoms with Crippen LogP contribution in [0.15, 0.2) is 24.3 Å². The van der Waals surface area contributed by atoms with Crippen LogP contribution in [0.3, 0.4) is 0 Å². The molecule has 2 aromatic rings. The van der Waals surface area contributed by atoms with Gasteiger partial charge in [0.2, 0.25) is 11.9 Å². The maximum absolute atomic E-state index is 11.8. The second kappa shape index (κ2) is 6.84. The van der Waals surface area contributed by atoms with Crippen molar-refractivity contribution in [1.29, 1.82) is 0 Å². The number of nitrogens with zero attached hydrogens (tertiary/aromatic N) is 4. The molecule has 0 aliphatic heterocycles. The average molecular weight is 301 g/mol. The van der Waals surface area contributed by atoms with E-state index < -0.39 is 0 Å². The summed E-state index contributed by atoms with van der Waals surface area (Å²) in [5.74, 6) is 0.517. The summed E-state index contributed by atoms with van der Waals surface area (Å²) in [5, 5.41) is 0. The van der Waals surface area contributed by atoms with Crippen LogP contribution in [0.1, 0.15) is 17.0 Å². The first kappa shape index (κ1) is 15.7. The summed E-state index contributed by atoms with van der Waals surface area (Å²) in [4.78, 5) is 25.6. The molecular formula is C15H19N5O2. The Morgan fingerprint density at radius 1 is 1.18 bits per heavy atom. The minimum Gasteiger partial charge on any atom is -0.457 e. The molecule has 0 bridgehead atoms. The van der Waals surface area contributed by atoms with E-state index in [0.717, 1.165) is 11.1 Å². The van der Waals surface area contributed by atoms with Crippen molar-refractivity contribution in [3.05, 3.63) is 41.2 Å². The smallest absolute Gasteiger partial charge is 0.310 e. The van der Waals surface area contributed by atoms with Crippen molar-refractivity contribution in [2.75, 3.05) is 24.7 Å². The van der Waals surface area contributed by atoms with Crippen LogP contribution in [0.5, 0.6) is 0 Å². The molecule has 116 valence electrons. The van der Waals surface area contributed by atoms with Crippen molar-refractivity contribution in [3.8, 4) is 0 Å². The molecule has 0 fully saturated rings. The molecule has 2 rings (SSSR count). The van der Waals surface area contributed by atoms with Crippen molar-refractivity contribution in [3.63, 3.8) is 0 Å². The van der Waals surface area contributed by atoms with E-state index in [1.165, 1.54) is 0 Å². The number of hydrogen-bond donors (Lipinski definition) is 1. The Hall–Kier alpha value is -2.70. The standard InChI is InChI=1S/C15H19N5O2/c1-10-4-6-11(7-5-10)8-13(21)22-9-12-17-14(16)19-15(18-12)20(2)3/h4-7H,8-9H2,1-3H3,(H2,16,17,18,19). The molecule has 1 aromatic carbocycles. The lowest BCUT2D eigenvalue weighted by atomic mass is 10.1. The minimum atomic E-state index is -0.339. The van der Waals surface area contributed by atoms with Crippen LogP contribution in [-0.2, 0) is 22.6 Å². The number of ether oxygens (including phenoxy) is 1. The first-order valence-corrected chi connectivity index (χ1v) is 6.83. The SMILES string of the molecule is Cc1ccc(CC(=O)OCc2nc(N)nc(N(C)C)n2)cc1. The number of esters is 1. The maximum atomic E-state index is 11.8. The van der Waals surface area contributed by atoms with Gasteiger partial charge in [0, 0.05) is 14.1 Å². The Morgan fingerprint density at radius 2 is 1.86 bits per heavy atom. The van der Waals surface area contributed by atoms with Crippen LogP contribution in [0.25, 0.3) is 0 Å². The third-order valence-corrected chi connectivity index (χ3v) is 2.92. The third kappa shape index (κ3) is 4.41. The highest BCUT2D eigenvalue weighted by molar-refractivity contribution is 5.72. The molecule has 22 heavy (non-hydrogen) atoms. The summed E-state index contributed by atoms with van der Waals surface area (Å²) >= 11 is 0. The molecule has 0 radical (unpaired) electrons. The molecule has 0 atom stereocenters. The minimum absolute atomic E-state index is 0.0295. The largest absolute Gasteiger partial charge is 0.457 e. The number of aromatic nitrogens is 3. The normalized spacial score (nSPS) is 10.3. The van der Waals surface area contributed by atoms with E-state index in [1.54, 1.807) is 19.0 Å². The molecule has 0 saturated carbocycles. The van der Waals surface area contributed by atoms with Gasteiger partial charge in [0.1, 0.15) is 0 Å². The lowest BCUT2D eigenvalue weighted by molar-refractivity contribution is -0.144. The number of nitrogen functional groups attached to an aromatic ring is 1. The highest BCUT2D eigenvalue weighted by Gasteiger charge is 2.10. The number of aryl methyl sites for hydroxylation is 1. The van der Waals surface area contributed by atoms with Crippen molar-refractivity contribution in [2.45, 2.75) is 20.0 Å². The lowest BCUT2D eigenvalue weighted by Gasteiger charge is -2.11. The second-order valence-corrected chi connectivity index (χ2v) is 5.13. The second-order valence-electron chi connectivity index (χ2n) is 5.13. The van der Waals surface area contributed by atoms with Gasteiger partial charge < -0.3 is 15.4 Å². The number of nitrogens with two attached hydrogens (primary N) is 1. The predicted octanol–water partition coefficient (Wildman–Crippen LogP) is 1.11. The number of benzene rings is 1. The highest BCUT2D eigenvalue weighted by Crippen LogP contribution is 2.08. The summed E-state index contributed by atoms with van der Waals surface area (Å²) in [7, 11) is 3.59. The molecule has 0 saturated heterocycles. The Bertz CT molecular complexity index is 655. The van der Waals surface area contributed by atoms with E-state index in [-0.39, 0.29) is 24.9 Å². The van der Waals surface area contributed by atoms with Gasteiger partial charge in [0.25, 0.3) is 0 Å². The van der Waals surface area contributed by atoms with Gasteiger partial charge in [-0.25, -0.2) is 0 Å². The zero-order valence-corrected chi connectivity index (χ0v) is 12.9. The molecule has 0 aliphatic carbocycles. The van der Waals surface area contributed by atoms with Crippen LogP contribution < -0.4 is 10.6 Å². The fourth-order valence-electron chi connectivity index (χ4n) is 1.76. The molecule has 1 aromatic heterocycles. The predicted molar refractivity (Wildman–Crippen MR) is 83.2 cm³/mol. The van der Waals surface area contributed by atoms with Gasteiger partial charge in [-0.1, -0.05) is 29.8 Å². The first-order valence-electron chi connectivity index (χ1n) is 6.83. The van der Waals surface area contributed by atoms with Crippen molar-refractivity contribution in [2.24, 2.45) is 0 Å². The summed E-state index contributed by atoms with van der Waals surface area (Å²) in [6, 6.07) is 7.72. The molecule has 0 amide bonds. The van der Waals surface area contributed by atoms with Gasteiger partial charge in [-0.15, -0.1) is 0 Å². The van der Waals surface area contributed by atoms with Gasteiger partial charge in [-0.05, 0) is 12.5 Å². The zero-order valence-electron chi connectivity index (χ0n) is 12.9. The van der Waals surface area contributed by atoms with Gasteiger partial charge in [0.05, 0.1) is 6.42 Å². The van der Waals surface area contributed by atoms with Gasteiger partial charge in [-0.2, -0.15) is 15.0 Å². The number of anilines is 2. The van der Waals surface area contributed by atoms with E-state index in [1.807, 2.05) is 31.2 Å². The lowest BCUT2D eigenvalue weighted by Crippen LogP contribution is -2.17. The molecule has 7 nitrogen and oxygen atoms in total. The monoisotopic (exact) mass is 301 g/mol. The van der Waals surface area contributed by atoms with Crippen LogP contribution in [0.2, 0.25) is 0 Å². The molecule has 0 unspecified atom stereocenters. The summed E-state index contributed by atoms with van der Waals surface area (Å²) in [6.07, 6.45) is 0.210. The van der Waals surface area contributed by atoms with E-state index in [9.17, 15) is 4.79 Å². The Labute approximate surface area is 129 Å². The quantitative estimate of drug-likeness (QED) is 0.827. The van der Waals surface area contributed by atoms with Crippen LogP contribution >= 0.6 is 0 Å². The molecule has 0 aliphatic rings. The molecule has 1 heterocycles. The molecule has 7 heteroatoms. The summed E-state index contributed by atoms with van der Waals surface area (Å²) in [6.45, 7) is 1.97. The fourth-order valence-corrected chi connectivity index (χ4v) is 1.76. The van der Waals surface area contributed by atoms with Crippen molar-refractivity contribution in [1.82, 2.24) is 15.0 Å². The third-order valence-electron chi connectivity index (χ3n) is 2.92. The Balaban J connectivity index is 1.94. The van der Waals surface area contributed by atoms with Crippen molar-refractivity contribution < 1.29 is 9.53 Å². The number of hydrogen-bond acceptors (Lipinski definition) is 7. The van der Waals surface area contributed by atoms with E-state index in [4.69, 9.17) is 10.5 Å². The van der Waals surface area contributed by atoms with Crippen molar-refractivity contribution >= 4 is 17.9 Å². The van der Waals surface area contributed by atoms with Gasteiger partial charge in [0.15, 0.2) is 12.4 Å². The highest BCUT2D eigenvalue weighted by atomic mass is 16.5. The zero-order chi connectivity index (χ0) is 16.1. The van der Waals surface area contributed by atoms with Crippen LogP contribution in [0, 0.1) is 6.92 Å². The average Bonchev–Trinajstić information content (AvgIpc) is 2.47. The summed E-state index contributed by atoms with van der Waals surface area (Å²) in [5.41, 5.74) is 7.66. The van der Waals surface area contributed by atoms with Crippen LogP contribution in [0.4, 0.5) is 11.9 Å². The fraction of sp³-hybridized carbons (Fsp3) is 0.333. The Morgan fingerprint density at radius 3 is 2.50 bits per heavy atom. The maximum Gasteiger partial charge on any atom is 0.310 e. The van der Waals surface area contributed by atoms with E-state index in [2.05, 4.69) is 15.0 Å². The number of carbonyl (C=O) groups excluding carboxylic acids is 1. The first-order chi connectivity index (χ1) is 10.4. The number of rotatable bonds is 5. The molecular weight excluding hydrogens is 282 g/mol. The Kier molecular flexibility index (Phi) is 4.88. The summed E-state index contributed by atoms with van der Waals surface area (Å²) < 4.78 is 5.19. The van der Waals surface area contributed by atoms with Gasteiger partial charge in [-0.3, -0.25) is 4.79 Å². The van der Waals surface area contributed by atoms with E-state index in [0.29, 0.717) is 11.8 Å². The van der Waals surface area contributed by atoms with E-state index >= 15 is 0 Å². The molecule has 0 spiro atoms. The molecule has 2 N–H and O–H groups in total. The topological polar surface area (TPSA) is 94.2 Å². The van der Waals surface area contributed by atoms with Gasteiger partial charge >= 0.3 is 5.97 Å². The number of carbonyl (C=O) groups is 1.